The number of carbonyl (C=O) groups excluding carboxylic acids is 1. The van der Waals surface area contributed by atoms with Crippen molar-refractivity contribution in [1.29, 1.82) is 0 Å². The first kappa shape index (κ1) is 7.44. The Kier molecular flexibility index (Phi) is 2.59. The Hall–Kier alpha value is -0.670. The molecule has 0 aliphatic heterocycles. The summed E-state index contributed by atoms with van der Waals surface area (Å²) in [6, 6.07) is 3.70. The first-order valence-electron chi connectivity index (χ1n) is 2.89. The van der Waals surface area contributed by atoms with Gasteiger partial charge in [0.05, 0.1) is 11.5 Å². The molecule has 0 radical (unpaired) electrons. The Morgan fingerprint density at radius 3 is 3.00 bits per heavy atom. The molecule has 0 aliphatic carbocycles. The monoisotopic (exact) mass is 156 g/mol. The maximum Gasteiger partial charge on any atom is 0.160 e. The molecule has 3 heteroatoms. The standard InChI is InChI=1S/C7H8O2S/c1-9-5-7-3-2-6(4-8)10-7/h2-4H,5H2,1H3. The van der Waals surface area contributed by atoms with Gasteiger partial charge in [0.25, 0.3) is 0 Å². The quantitative estimate of drug-likeness (QED) is 0.623. The fourth-order valence-electron chi connectivity index (χ4n) is 0.678. The maximum absolute atomic E-state index is 10.2. The highest BCUT2D eigenvalue weighted by Gasteiger charge is 1.96. The molecule has 0 spiro atoms. The van der Waals surface area contributed by atoms with Crippen LogP contribution in [0.5, 0.6) is 0 Å². The second kappa shape index (κ2) is 3.49. The normalized spacial score (nSPS) is 9.70. The van der Waals surface area contributed by atoms with E-state index in [1.807, 2.05) is 6.07 Å². The summed E-state index contributed by atoms with van der Waals surface area (Å²) in [5.41, 5.74) is 0. The van der Waals surface area contributed by atoms with Gasteiger partial charge in [0.1, 0.15) is 0 Å². The predicted octanol–water partition coefficient (Wildman–Crippen LogP) is 1.71. The minimum absolute atomic E-state index is 0.596. The van der Waals surface area contributed by atoms with Crippen molar-refractivity contribution in [1.82, 2.24) is 0 Å². The first-order chi connectivity index (χ1) is 4.86. The highest BCUT2D eigenvalue weighted by Crippen LogP contribution is 2.14. The number of ether oxygens (including phenoxy) is 1. The molecule has 0 N–H and O–H groups in total. The van der Waals surface area contributed by atoms with Crippen LogP contribution < -0.4 is 0 Å². The molecule has 0 aromatic carbocycles. The lowest BCUT2D eigenvalue weighted by Gasteiger charge is -1.89. The van der Waals surface area contributed by atoms with E-state index in [1.54, 1.807) is 13.2 Å². The Bertz CT molecular complexity index is 217. The number of thiophene rings is 1. The van der Waals surface area contributed by atoms with Gasteiger partial charge in [-0.3, -0.25) is 4.79 Å². The Balaban J connectivity index is 2.68. The number of methoxy groups -OCH3 is 1. The van der Waals surface area contributed by atoms with Gasteiger partial charge >= 0.3 is 0 Å². The van der Waals surface area contributed by atoms with E-state index in [0.717, 1.165) is 16.0 Å². The van der Waals surface area contributed by atoms with Gasteiger partial charge in [-0.05, 0) is 12.1 Å². The zero-order chi connectivity index (χ0) is 7.40. The minimum Gasteiger partial charge on any atom is -0.379 e. The second-order valence-corrected chi connectivity index (χ2v) is 3.05. The number of aldehydes is 1. The summed E-state index contributed by atoms with van der Waals surface area (Å²) in [4.78, 5) is 12.0. The second-order valence-electron chi connectivity index (χ2n) is 1.85. The molecule has 10 heavy (non-hydrogen) atoms. The third kappa shape index (κ3) is 1.65. The number of rotatable bonds is 3. The predicted molar refractivity (Wildman–Crippen MR) is 40.4 cm³/mol. The SMILES string of the molecule is COCc1ccc(C=O)s1. The highest BCUT2D eigenvalue weighted by molar-refractivity contribution is 7.13. The molecule has 0 unspecified atom stereocenters. The van der Waals surface area contributed by atoms with Crippen LogP contribution in [-0.4, -0.2) is 13.4 Å². The van der Waals surface area contributed by atoms with E-state index in [1.165, 1.54) is 11.3 Å². The summed E-state index contributed by atoms with van der Waals surface area (Å²) in [5.74, 6) is 0. The van der Waals surface area contributed by atoms with Gasteiger partial charge < -0.3 is 4.74 Å². The summed E-state index contributed by atoms with van der Waals surface area (Å²) in [5, 5.41) is 0. The van der Waals surface area contributed by atoms with Gasteiger partial charge in [0.2, 0.25) is 0 Å². The van der Waals surface area contributed by atoms with E-state index in [2.05, 4.69) is 0 Å². The Morgan fingerprint density at radius 2 is 2.50 bits per heavy atom. The highest BCUT2D eigenvalue weighted by atomic mass is 32.1. The average Bonchev–Trinajstić information content (AvgIpc) is 2.37. The van der Waals surface area contributed by atoms with E-state index in [-0.39, 0.29) is 0 Å². The fourth-order valence-corrected chi connectivity index (χ4v) is 1.48. The summed E-state index contributed by atoms with van der Waals surface area (Å²) >= 11 is 1.46. The smallest absolute Gasteiger partial charge is 0.160 e. The molecule has 1 aromatic rings. The van der Waals surface area contributed by atoms with E-state index in [4.69, 9.17) is 4.74 Å². The van der Waals surface area contributed by atoms with Gasteiger partial charge in [-0.15, -0.1) is 11.3 Å². The van der Waals surface area contributed by atoms with Gasteiger partial charge in [-0.2, -0.15) is 0 Å². The van der Waals surface area contributed by atoms with Gasteiger partial charge in [0.15, 0.2) is 6.29 Å². The molecule has 0 saturated carbocycles. The number of hydrogen-bond acceptors (Lipinski definition) is 3. The van der Waals surface area contributed by atoms with Crippen LogP contribution in [0.2, 0.25) is 0 Å². The molecule has 0 bridgehead atoms. The van der Waals surface area contributed by atoms with Crippen LogP contribution in [0, 0.1) is 0 Å². The molecule has 0 amide bonds. The minimum atomic E-state index is 0.596. The first-order valence-corrected chi connectivity index (χ1v) is 3.71. The van der Waals surface area contributed by atoms with E-state index >= 15 is 0 Å². The van der Waals surface area contributed by atoms with Crippen molar-refractivity contribution in [2.24, 2.45) is 0 Å². The van der Waals surface area contributed by atoms with Crippen molar-refractivity contribution < 1.29 is 9.53 Å². The van der Waals surface area contributed by atoms with Crippen molar-refractivity contribution in [2.75, 3.05) is 7.11 Å². The van der Waals surface area contributed by atoms with Crippen LogP contribution in [0.3, 0.4) is 0 Å². The molecule has 1 rings (SSSR count). The van der Waals surface area contributed by atoms with Crippen LogP contribution >= 0.6 is 11.3 Å². The van der Waals surface area contributed by atoms with Crippen molar-refractivity contribution in [3.63, 3.8) is 0 Å². The topological polar surface area (TPSA) is 26.3 Å². The Morgan fingerprint density at radius 1 is 1.70 bits per heavy atom. The largest absolute Gasteiger partial charge is 0.379 e. The van der Waals surface area contributed by atoms with Crippen LogP contribution in [0.4, 0.5) is 0 Å². The molecule has 2 nitrogen and oxygen atoms in total. The molecule has 1 heterocycles. The lowest BCUT2D eigenvalue weighted by Crippen LogP contribution is -1.79. The van der Waals surface area contributed by atoms with Gasteiger partial charge in [-0.1, -0.05) is 0 Å². The summed E-state index contributed by atoms with van der Waals surface area (Å²) < 4.78 is 4.88. The average molecular weight is 156 g/mol. The molecule has 0 aliphatic rings. The van der Waals surface area contributed by atoms with E-state index in [9.17, 15) is 4.79 Å². The van der Waals surface area contributed by atoms with E-state index in [0.29, 0.717) is 6.61 Å². The zero-order valence-electron chi connectivity index (χ0n) is 5.66. The fraction of sp³-hybridized carbons (Fsp3) is 0.286. The van der Waals surface area contributed by atoms with Crippen molar-refractivity contribution >= 4 is 17.6 Å². The molecule has 54 valence electrons. The van der Waals surface area contributed by atoms with Crippen molar-refractivity contribution in [3.8, 4) is 0 Å². The Labute approximate surface area is 63.4 Å². The van der Waals surface area contributed by atoms with Crippen molar-refractivity contribution in [3.05, 3.63) is 21.9 Å². The molecule has 0 fully saturated rings. The van der Waals surface area contributed by atoms with Crippen LogP contribution in [0.25, 0.3) is 0 Å². The molecule has 0 saturated heterocycles. The third-order valence-electron chi connectivity index (χ3n) is 1.09. The number of hydrogen-bond donors (Lipinski definition) is 0. The van der Waals surface area contributed by atoms with Gasteiger partial charge in [-0.25, -0.2) is 0 Å². The maximum atomic E-state index is 10.2. The lowest BCUT2D eigenvalue weighted by atomic mass is 10.4. The summed E-state index contributed by atoms with van der Waals surface area (Å²) in [6.07, 6.45) is 0.851. The van der Waals surface area contributed by atoms with Crippen LogP contribution in [0.15, 0.2) is 12.1 Å². The molecular formula is C7H8O2S. The van der Waals surface area contributed by atoms with Gasteiger partial charge in [0, 0.05) is 12.0 Å². The van der Waals surface area contributed by atoms with Crippen LogP contribution in [0.1, 0.15) is 14.5 Å². The third-order valence-corrected chi connectivity index (χ3v) is 2.07. The molecule has 1 aromatic heterocycles. The summed E-state index contributed by atoms with van der Waals surface area (Å²) in [7, 11) is 1.64. The van der Waals surface area contributed by atoms with E-state index < -0.39 is 0 Å². The zero-order valence-corrected chi connectivity index (χ0v) is 6.48. The summed E-state index contributed by atoms with van der Waals surface area (Å²) in [6.45, 7) is 0.596. The van der Waals surface area contributed by atoms with Crippen LogP contribution in [-0.2, 0) is 11.3 Å². The molecule has 0 atom stereocenters. The lowest BCUT2D eigenvalue weighted by molar-refractivity contribution is 0.112. The van der Waals surface area contributed by atoms with Crippen molar-refractivity contribution in [2.45, 2.75) is 6.61 Å². The number of carbonyl (C=O) groups is 1. The molecular weight excluding hydrogens is 148 g/mol.